The van der Waals surface area contributed by atoms with Crippen LogP contribution in [0.2, 0.25) is 0 Å². The van der Waals surface area contributed by atoms with E-state index in [1.165, 1.54) is 29.9 Å². The first-order valence-electron chi connectivity index (χ1n) is 6.51. The highest BCUT2D eigenvalue weighted by Crippen LogP contribution is 2.30. The number of hydrogen-bond donors (Lipinski definition) is 1. The molecule has 18 heavy (non-hydrogen) atoms. The fraction of sp³-hybridized carbons (Fsp3) is 0.500. The molecule has 2 heterocycles. The van der Waals surface area contributed by atoms with Crippen LogP contribution in [0.15, 0.2) is 35.3 Å². The predicted octanol–water partition coefficient (Wildman–Crippen LogP) is 3.32. The second-order valence-electron chi connectivity index (χ2n) is 4.70. The topological polar surface area (TPSA) is 24.4 Å². The van der Waals surface area contributed by atoms with E-state index < -0.39 is 0 Å². The van der Waals surface area contributed by atoms with Crippen LogP contribution in [0.25, 0.3) is 0 Å². The van der Waals surface area contributed by atoms with E-state index in [0.29, 0.717) is 12.1 Å². The van der Waals surface area contributed by atoms with E-state index in [1.807, 2.05) is 11.8 Å². The van der Waals surface area contributed by atoms with E-state index in [4.69, 9.17) is 4.99 Å². The summed E-state index contributed by atoms with van der Waals surface area (Å²) in [6, 6.07) is 11.6. The standard InChI is InChI=1S/C14H18N2S2/c1-2-4-11(5-3-1)13-10-18-14(16-13)15-12-6-8-17-9-7-12/h1-5,12-13H,6-10H2,(H,15,16). The fourth-order valence-corrected chi connectivity index (χ4v) is 4.46. The van der Waals surface area contributed by atoms with Crippen LogP contribution in [0.5, 0.6) is 0 Å². The largest absolute Gasteiger partial charge is 0.362 e. The summed E-state index contributed by atoms with van der Waals surface area (Å²) in [6.45, 7) is 0. The van der Waals surface area contributed by atoms with Gasteiger partial charge in [-0.3, -0.25) is 4.99 Å². The summed E-state index contributed by atoms with van der Waals surface area (Å²) in [5.74, 6) is 3.66. The Kier molecular flexibility index (Phi) is 4.16. The molecule has 1 atom stereocenters. The molecule has 2 nitrogen and oxygen atoms in total. The molecule has 2 aliphatic heterocycles. The minimum atomic E-state index is 0.344. The highest BCUT2D eigenvalue weighted by molar-refractivity contribution is 8.14. The highest BCUT2D eigenvalue weighted by Gasteiger charge is 2.22. The van der Waals surface area contributed by atoms with Crippen molar-refractivity contribution in [3.63, 3.8) is 0 Å². The third-order valence-corrected chi connectivity index (χ3v) is 5.41. The Morgan fingerprint density at radius 1 is 1.11 bits per heavy atom. The quantitative estimate of drug-likeness (QED) is 0.898. The van der Waals surface area contributed by atoms with Gasteiger partial charge in [-0.2, -0.15) is 11.8 Å². The Bertz CT molecular complexity index is 413. The van der Waals surface area contributed by atoms with Crippen LogP contribution < -0.4 is 5.32 Å². The van der Waals surface area contributed by atoms with Crippen molar-refractivity contribution in [3.8, 4) is 0 Å². The lowest BCUT2D eigenvalue weighted by atomic mass is 10.1. The van der Waals surface area contributed by atoms with Gasteiger partial charge in [0, 0.05) is 11.8 Å². The van der Waals surface area contributed by atoms with E-state index in [-0.39, 0.29) is 0 Å². The van der Waals surface area contributed by atoms with Crippen molar-refractivity contribution in [2.75, 3.05) is 17.3 Å². The Balaban J connectivity index is 1.61. The number of thioether (sulfide) groups is 2. The molecule has 0 saturated carbocycles. The second-order valence-corrected chi connectivity index (χ2v) is 6.94. The summed E-state index contributed by atoms with van der Waals surface area (Å²) in [7, 11) is 0. The van der Waals surface area contributed by atoms with Crippen LogP contribution in [-0.4, -0.2) is 28.5 Å². The zero-order chi connectivity index (χ0) is 12.2. The van der Waals surface area contributed by atoms with Crippen molar-refractivity contribution in [2.45, 2.75) is 24.9 Å². The monoisotopic (exact) mass is 278 g/mol. The molecule has 1 aromatic carbocycles. The lowest BCUT2D eigenvalue weighted by Gasteiger charge is -2.22. The molecule has 1 aromatic rings. The molecule has 0 aliphatic carbocycles. The maximum atomic E-state index is 4.81. The molecule has 1 unspecified atom stereocenters. The molecule has 0 amide bonds. The molecule has 2 aliphatic rings. The number of hydrogen-bond acceptors (Lipinski definition) is 4. The minimum absolute atomic E-state index is 0.344. The van der Waals surface area contributed by atoms with Crippen LogP contribution in [-0.2, 0) is 0 Å². The van der Waals surface area contributed by atoms with Crippen molar-refractivity contribution in [1.82, 2.24) is 5.32 Å². The summed E-state index contributed by atoms with van der Waals surface area (Å²) in [4.78, 5) is 4.81. The first-order valence-corrected chi connectivity index (χ1v) is 8.66. The Labute approximate surface area is 117 Å². The third kappa shape index (κ3) is 3.04. The van der Waals surface area contributed by atoms with E-state index in [2.05, 4.69) is 47.4 Å². The number of rotatable bonds is 2. The Morgan fingerprint density at radius 3 is 2.67 bits per heavy atom. The zero-order valence-corrected chi connectivity index (χ0v) is 12.0. The van der Waals surface area contributed by atoms with Crippen LogP contribution in [0.1, 0.15) is 24.4 Å². The molecular weight excluding hydrogens is 260 g/mol. The Morgan fingerprint density at radius 2 is 1.89 bits per heavy atom. The summed E-state index contributed by atoms with van der Waals surface area (Å²) < 4.78 is 0. The highest BCUT2D eigenvalue weighted by atomic mass is 32.2. The van der Waals surface area contributed by atoms with Gasteiger partial charge in [0.25, 0.3) is 0 Å². The molecule has 4 heteroatoms. The van der Waals surface area contributed by atoms with Gasteiger partial charge in [0.1, 0.15) is 0 Å². The molecule has 0 bridgehead atoms. The van der Waals surface area contributed by atoms with Crippen LogP contribution >= 0.6 is 23.5 Å². The number of aliphatic imine (C=N–C) groups is 1. The van der Waals surface area contributed by atoms with Crippen molar-refractivity contribution in [3.05, 3.63) is 35.9 Å². The number of nitrogens with one attached hydrogen (secondary N) is 1. The summed E-state index contributed by atoms with van der Waals surface area (Å²) in [6.07, 6.45) is 2.56. The van der Waals surface area contributed by atoms with Gasteiger partial charge in [-0.15, -0.1) is 0 Å². The van der Waals surface area contributed by atoms with Gasteiger partial charge in [-0.25, -0.2) is 0 Å². The summed E-state index contributed by atoms with van der Waals surface area (Å²) in [5, 5.41) is 4.77. The molecule has 96 valence electrons. The average Bonchev–Trinajstić information content (AvgIpc) is 2.89. The van der Waals surface area contributed by atoms with Crippen molar-refractivity contribution in [1.29, 1.82) is 0 Å². The van der Waals surface area contributed by atoms with Gasteiger partial charge in [-0.1, -0.05) is 42.1 Å². The number of nitrogens with zero attached hydrogens (tertiary/aromatic N) is 1. The molecule has 0 aromatic heterocycles. The van der Waals surface area contributed by atoms with Gasteiger partial charge < -0.3 is 5.32 Å². The van der Waals surface area contributed by atoms with E-state index >= 15 is 0 Å². The molecule has 3 rings (SSSR count). The molecule has 1 saturated heterocycles. The molecule has 1 N–H and O–H groups in total. The molecule has 1 fully saturated rings. The van der Waals surface area contributed by atoms with Gasteiger partial charge in [-0.05, 0) is 29.9 Å². The van der Waals surface area contributed by atoms with E-state index in [9.17, 15) is 0 Å². The maximum absolute atomic E-state index is 4.81. The maximum Gasteiger partial charge on any atom is 0.157 e. The first kappa shape index (κ1) is 12.4. The average molecular weight is 278 g/mol. The van der Waals surface area contributed by atoms with Crippen molar-refractivity contribution >= 4 is 28.7 Å². The van der Waals surface area contributed by atoms with Gasteiger partial charge in [0.05, 0.1) is 6.04 Å². The molecular formula is C14H18N2S2. The van der Waals surface area contributed by atoms with Gasteiger partial charge in [0.2, 0.25) is 0 Å². The van der Waals surface area contributed by atoms with E-state index in [1.54, 1.807) is 0 Å². The zero-order valence-electron chi connectivity index (χ0n) is 10.3. The van der Waals surface area contributed by atoms with Gasteiger partial charge >= 0.3 is 0 Å². The third-order valence-electron chi connectivity index (χ3n) is 3.38. The van der Waals surface area contributed by atoms with Crippen molar-refractivity contribution in [2.24, 2.45) is 4.99 Å². The Hall–Kier alpha value is -0.610. The lowest BCUT2D eigenvalue weighted by Crippen LogP contribution is -2.35. The SMILES string of the molecule is c1ccc(C2CSC(NC3CCSCC3)=N2)cc1. The normalized spacial score (nSPS) is 24.9. The molecule has 0 radical (unpaired) electrons. The summed E-state index contributed by atoms with van der Waals surface area (Å²) >= 11 is 3.94. The number of benzene rings is 1. The van der Waals surface area contributed by atoms with Crippen LogP contribution in [0.3, 0.4) is 0 Å². The first-order chi connectivity index (χ1) is 8.92. The number of amidine groups is 1. The predicted molar refractivity (Wildman–Crippen MR) is 82.6 cm³/mol. The second kappa shape index (κ2) is 6.02. The van der Waals surface area contributed by atoms with Crippen LogP contribution in [0.4, 0.5) is 0 Å². The van der Waals surface area contributed by atoms with Crippen LogP contribution in [0, 0.1) is 0 Å². The van der Waals surface area contributed by atoms with E-state index in [0.717, 1.165) is 10.9 Å². The summed E-state index contributed by atoms with van der Waals surface area (Å²) in [5.41, 5.74) is 1.33. The fourth-order valence-electron chi connectivity index (χ4n) is 2.32. The lowest BCUT2D eigenvalue weighted by molar-refractivity contribution is 0.569. The minimum Gasteiger partial charge on any atom is -0.362 e. The van der Waals surface area contributed by atoms with Crippen molar-refractivity contribution < 1.29 is 0 Å². The molecule has 0 spiro atoms. The van der Waals surface area contributed by atoms with Gasteiger partial charge in [0.15, 0.2) is 5.17 Å². The smallest absolute Gasteiger partial charge is 0.157 e.